The highest BCUT2D eigenvalue weighted by atomic mass is 19.3. The average Bonchev–Trinajstić information content (AvgIpc) is 3.07. The molecule has 0 spiro atoms. The zero-order valence-corrected chi connectivity index (χ0v) is 18.5. The lowest BCUT2D eigenvalue weighted by Gasteiger charge is -2.30. The first-order valence-corrected chi connectivity index (χ1v) is 10.4. The maximum Gasteiger partial charge on any atom is 0.407 e. The number of carbonyl (C=O) groups is 3. The van der Waals surface area contributed by atoms with Crippen LogP contribution in [0.4, 0.5) is 13.6 Å². The van der Waals surface area contributed by atoms with Gasteiger partial charge >= 0.3 is 18.0 Å². The second-order valence-corrected chi connectivity index (χ2v) is 9.00. The van der Waals surface area contributed by atoms with Crippen LogP contribution in [0.2, 0.25) is 0 Å². The molecule has 0 aliphatic heterocycles. The smallest absolute Gasteiger partial charge is 0.407 e. The summed E-state index contributed by atoms with van der Waals surface area (Å²) in [5.41, 5.74) is 3.32. The van der Waals surface area contributed by atoms with Crippen LogP contribution in [0.15, 0.2) is 48.5 Å². The van der Waals surface area contributed by atoms with Gasteiger partial charge in [0.1, 0.15) is 12.6 Å². The predicted molar refractivity (Wildman–Crippen MR) is 117 cm³/mol. The maximum atomic E-state index is 13.3. The van der Waals surface area contributed by atoms with Gasteiger partial charge in [0.2, 0.25) is 5.91 Å². The molecule has 1 aliphatic carbocycles. The summed E-state index contributed by atoms with van der Waals surface area (Å²) in [6, 6.07) is 14.4. The third-order valence-electron chi connectivity index (χ3n) is 5.53. The molecular weight excluding hydrogens is 434 g/mol. The first-order valence-electron chi connectivity index (χ1n) is 10.4. The molecule has 0 bridgehead atoms. The van der Waals surface area contributed by atoms with E-state index in [1.165, 1.54) is 0 Å². The van der Waals surface area contributed by atoms with Gasteiger partial charge in [-0.25, -0.2) is 9.59 Å². The van der Waals surface area contributed by atoms with Crippen molar-refractivity contribution in [2.45, 2.75) is 38.7 Å². The van der Waals surface area contributed by atoms with E-state index in [-0.39, 0.29) is 12.5 Å². The summed E-state index contributed by atoms with van der Waals surface area (Å²) in [6.07, 6.45) is -0.878. The number of rotatable bonds is 7. The third-order valence-corrected chi connectivity index (χ3v) is 5.53. The minimum absolute atomic E-state index is 0.0232. The van der Waals surface area contributed by atoms with Gasteiger partial charge in [0.25, 0.3) is 0 Å². The van der Waals surface area contributed by atoms with Gasteiger partial charge in [0.05, 0.1) is 6.54 Å². The second-order valence-electron chi connectivity index (χ2n) is 9.00. The molecule has 2 aromatic carbocycles. The number of fused-ring (bicyclic) bond motifs is 3. The van der Waals surface area contributed by atoms with Crippen molar-refractivity contribution in [3.05, 3.63) is 59.7 Å². The number of alkyl carbamates (subject to hydrolysis) is 1. The summed E-state index contributed by atoms with van der Waals surface area (Å²) in [4.78, 5) is 35.6. The van der Waals surface area contributed by atoms with E-state index in [1.54, 1.807) is 20.8 Å². The van der Waals surface area contributed by atoms with E-state index < -0.39 is 41.9 Å². The molecule has 2 aromatic rings. The number of halogens is 2. The molecule has 0 aromatic heterocycles. The Labute approximate surface area is 190 Å². The van der Waals surface area contributed by atoms with Crippen LogP contribution in [-0.2, 0) is 14.3 Å². The Morgan fingerprint density at radius 3 is 2.00 bits per heavy atom. The number of aliphatic carboxylic acids is 1. The molecule has 7 nitrogen and oxygen atoms in total. The maximum absolute atomic E-state index is 13.3. The Morgan fingerprint density at radius 1 is 1.00 bits per heavy atom. The SMILES string of the molecule is CC(C)(C)[C@@H](NC(=O)OCC1c2ccccc2-c2ccccc21)C(=O)NCC(F)(F)C(=O)O. The molecule has 0 saturated heterocycles. The molecule has 0 saturated carbocycles. The fourth-order valence-corrected chi connectivity index (χ4v) is 3.81. The normalized spacial score (nSPS) is 14.1. The van der Waals surface area contributed by atoms with Crippen molar-refractivity contribution in [2.75, 3.05) is 13.2 Å². The predicted octanol–water partition coefficient (Wildman–Crippen LogP) is 3.78. The van der Waals surface area contributed by atoms with Crippen molar-refractivity contribution in [1.82, 2.24) is 10.6 Å². The Hall–Kier alpha value is -3.49. The van der Waals surface area contributed by atoms with E-state index in [0.29, 0.717) is 0 Å². The van der Waals surface area contributed by atoms with Crippen LogP contribution in [0.5, 0.6) is 0 Å². The zero-order chi connectivity index (χ0) is 24.4. The van der Waals surface area contributed by atoms with Gasteiger partial charge in [0.15, 0.2) is 0 Å². The highest BCUT2D eigenvalue weighted by molar-refractivity contribution is 5.87. The first kappa shape index (κ1) is 24.2. The molecule has 0 unspecified atom stereocenters. The Morgan fingerprint density at radius 2 is 1.52 bits per heavy atom. The minimum atomic E-state index is -4.12. The molecule has 9 heteroatoms. The van der Waals surface area contributed by atoms with E-state index >= 15 is 0 Å². The number of carboxylic acids is 1. The van der Waals surface area contributed by atoms with Crippen molar-refractivity contribution in [1.29, 1.82) is 0 Å². The topological polar surface area (TPSA) is 105 Å². The second kappa shape index (κ2) is 9.17. The molecule has 1 atom stereocenters. The highest BCUT2D eigenvalue weighted by Crippen LogP contribution is 2.44. The molecule has 3 N–H and O–H groups in total. The molecule has 3 rings (SSSR count). The number of carboxylic acid groups (broad SMARTS) is 1. The van der Waals surface area contributed by atoms with E-state index in [0.717, 1.165) is 22.3 Å². The summed E-state index contributed by atoms with van der Waals surface area (Å²) in [5.74, 6) is -7.59. The lowest BCUT2D eigenvalue weighted by molar-refractivity contribution is -0.164. The quantitative estimate of drug-likeness (QED) is 0.583. The van der Waals surface area contributed by atoms with Crippen LogP contribution in [0, 0.1) is 5.41 Å². The Balaban J connectivity index is 1.67. The van der Waals surface area contributed by atoms with Gasteiger partial charge in [-0.3, -0.25) is 4.79 Å². The molecule has 0 fully saturated rings. The van der Waals surface area contributed by atoms with Crippen molar-refractivity contribution in [2.24, 2.45) is 5.41 Å². The number of nitrogens with one attached hydrogen (secondary N) is 2. The molecule has 0 radical (unpaired) electrons. The number of hydrogen-bond donors (Lipinski definition) is 3. The van der Waals surface area contributed by atoms with Crippen molar-refractivity contribution in [3.63, 3.8) is 0 Å². The van der Waals surface area contributed by atoms with Gasteiger partial charge < -0.3 is 20.5 Å². The lowest BCUT2D eigenvalue weighted by atomic mass is 9.86. The summed E-state index contributed by atoms with van der Waals surface area (Å²) in [5, 5.41) is 12.8. The van der Waals surface area contributed by atoms with E-state index in [9.17, 15) is 23.2 Å². The van der Waals surface area contributed by atoms with Crippen molar-refractivity contribution in [3.8, 4) is 11.1 Å². The van der Waals surface area contributed by atoms with Gasteiger partial charge in [-0.2, -0.15) is 8.78 Å². The van der Waals surface area contributed by atoms with Crippen LogP contribution >= 0.6 is 0 Å². The number of alkyl halides is 2. The summed E-state index contributed by atoms with van der Waals surface area (Å²) in [7, 11) is 0. The van der Waals surface area contributed by atoms with Gasteiger partial charge in [0, 0.05) is 5.92 Å². The molecule has 33 heavy (non-hydrogen) atoms. The van der Waals surface area contributed by atoms with E-state index in [4.69, 9.17) is 9.84 Å². The Bertz CT molecular complexity index is 1020. The van der Waals surface area contributed by atoms with Crippen molar-refractivity contribution >= 4 is 18.0 Å². The Kier molecular flexibility index (Phi) is 6.71. The van der Waals surface area contributed by atoms with E-state index in [1.807, 2.05) is 53.8 Å². The van der Waals surface area contributed by atoms with Gasteiger partial charge in [-0.15, -0.1) is 0 Å². The first-order chi connectivity index (χ1) is 15.4. The van der Waals surface area contributed by atoms with Crippen LogP contribution in [-0.4, -0.2) is 48.2 Å². The standard InChI is InChI=1S/C24H26F2N2O5/c1-23(2,3)19(20(29)27-13-24(25,26)21(30)31)28-22(32)33-12-18-16-10-6-4-8-14(16)15-9-5-7-11-17(15)18/h4-11,18-19H,12-13H2,1-3H3,(H,27,29)(H,28,32)(H,30,31)/t19-/m0/s1. The largest absolute Gasteiger partial charge is 0.477 e. The number of hydrogen-bond acceptors (Lipinski definition) is 4. The molecule has 0 heterocycles. The van der Waals surface area contributed by atoms with Crippen LogP contribution in [0.1, 0.15) is 37.8 Å². The number of ether oxygens (including phenoxy) is 1. The van der Waals surface area contributed by atoms with Crippen LogP contribution < -0.4 is 10.6 Å². The zero-order valence-electron chi connectivity index (χ0n) is 18.5. The summed E-state index contributed by atoms with van der Waals surface area (Å²) in [6.45, 7) is 3.54. The fourth-order valence-electron chi connectivity index (χ4n) is 3.81. The fraction of sp³-hybridized carbons (Fsp3) is 0.375. The average molecular weight is 460 g/mol. The monoisotopic (exact) mass is 460 g/mol. The van der Waals surface area contributed by atoms with E-state index in [2.05, 4.69) is 5.32 Å². The minimum Gasteiger partial charge on any atom is -0.477 e. The third kappa shape index (κ3) is 5.30. The van der Waals surface area contributed by atoms with Gasteiger partial charge in [-0.1, -0.05) is 69.3 Å². The lowest BCUT2D eigenvalue weighted by Crippen LogP contribution is -2.55. The number of amides is 2. The number of benzene rings is 2. The molecule has 2 amide bonds. The van der Waals surface area contributed by atoms with Gasteiger partial charge in [-0.05, 0) is 27.7 Å². The summed E-state index contributed by atoms with van der Waals surface area (Å²) >= 11 is 0. The summed E-state index contributed by atoms with van der Waals surface area (Å²) < 4.78 is 32.1. The molecular formula is C24H26F2N2O5. The highest BCUT2D eigenvalue weighted by Gasteiger charge is 2.41. The van der Waals surface area contributed by atoms with Crippen LogP contribution in [0.25, 0.3) is 11.1 Å². The molecule has 1 aliphatic rings. The number of carbonyl (C=O) groups excluding carboxylic acids is 2. The van der Waals surface area contributed by atoms with Crippen LogP contribution in [0.3, 0.4) is 0 Å². The molecule has 176 valence electrons. The van der Waals surface area contributed by atoms with Crippen molar-refractivity contribution < 1.29 is 33.0 Å².